The van der Waals surface area contributed by atoms with Gasteiger partial charge in [0.2, 0.25) is 0 Å². The molecule has 0 amide bonds. The van der Waals surface area contributed by atoms with Crippen LogP contribution in [0, 0.1) is 5.92 Å². The van der Waals surface area contributed by atoms with E-state index in [9.17, 15) is 4.39 Å². The second kappa shape index (κ2) is 15.3. The molecule has 0 heterocycles. The first-order valence-electron chi connectivity index (χ1n) is 9.76. The van der Waals surface area contributed by atoms with Crippen molar-refractivity contribution in [3.63, 3.8) is 0 Å². The van der Waals surface area contributed by atoms with E-state index in [1.807, 2.05) is 50.4 Å². The predicted octanol–water partition coefficient (Wildman–Crippen LogP) is 5.28. The summed E-state index contributed by atoms with van der Waals surface area (Å²) in [5.41, 5.74) is 0.964. The maximum absolute atomic E-state index is 12.2. The van der Waals surface area contributed by atoms with Gasteiger partial charge in [0.15, 0.2) is 0 Å². The topological polar surface area (TPSA) is 43.3 Å². The van der Waals surface area contributed by atoms with Crippen LogP contribution in [0.5, 0.6) is 0 Å². The molecular weight excluding hydrogens is 371 g/mol. The van der Waals surface area contributed by atoms with Crippen LogP contribution in [0.4, 0.5) is 4.39 Å². The number of alkyl halides is 1. The van der Waals surface area contributed by atoms with Gasteiger partial charge in [-0.2, -0.15) is 5.10 Å². The van der Waals surface area contributed by atoms with Crippen molar-refractivity contribution in [2.24, 2.45) is 11.0 Å². The van der Waals surface area contributed by atoms with Crippen LogP contribution in [0.15, 0.2) is 78.0 Å². The molecule has 0 fully saturated rings. The lowest BCUT2D eigenvalue weighted by molar-refractivity contribution is 0.0472. The van der Waals surface area contributed by atoms with Gasteiger partial charge in [0.25, 0.3) is 0 Å². The van der Waals surface area contributed by atoms with Gasteiger partial charge in [-0.15, -0.1) is 0 Å². The quantitative estimate of drug-likeness (QED) is 0.0986. The molecule has 6 heteroatoms. The molecule has 0 aliphatic heterocycles. The number of halogens is 1. The first-order valence-corrected chi connectivity index (χ1v) is 9.76. The summed E-state index contributed by atoms with van der Waals surface area (Å²) < 4.78 is 28.1. The molecule has 0 aromatic rings. The Labute approximate surface area is 174 Å². The summed E-state index contributed by atoms with van der Waals surface area (Å²) in [6.07, 6.45) is 19.2. The number of nitrogens with zero attached hydrogens (tertiary/aromatic N) is 2. The summed E-state index contributed by atoms with van der Waals surface area (Å²) in [5, 5.41) is 6.25. The standard InChI is InChI=1S/C23H33FN2O3/c1-5-16-26(19-28-18-15-24)25-21(3)22-11-13-23(14-12-22)29-17-9-7-6-8-10-20(2)27-4/h5-8,10-11,13-14,16,22H,2,9,12,15,17-19H2,1,3-4H3/b7-6-,10-8-,16-5-,25-21+. The Kier molecular flexibility index (Phi) is 12.9. The molecule has 0 N–H and O–H groups in total. The molecule has 160 valence electrons. The molecule has 0 spiro atoms. The summed E-state index contributed by atoms with van der Waals surface area (Å²) in [6.45, 7) is 8.02. The molecule has 1 unspecified atom stereocenters. The Hall–Kier alpha value is -2.60. The van der Waals surface area contributed by atoms with E-state index in [2.05, 4.69) is 23.8 Å². The van der Waals surface area contributed by atoms with Crippen molar-refractivity contribution in [3.05, 3.63) is 72.9 Å². The number of ether oxygens (including phenoxy) is 3. The van der Waals surface area contributed by atoms with E-state index < -0.39 is 6.67 Å². The van der Waals surface area contributed by atoms with Crippen LogP contribution < -0.4 is 0 Å². The Morgan fingerprint density at radius 1 is 1.38 bits per heavy atom. The molecule has 29 heavy (non-hydrogen) atoms. The maximum Gasteiger partial charge on any atom is 0.139 e. The van der Waals surface area contributed by atoms with E-state index in [0.29, 0.717) is 12.4 Å². The van der Waals surface area contributed by atoms with E-state index in [-0.39, 0.29) is 19.3 Å². The Morgan fingerprint density at radius 3 is 2.86 bits per heavy atom. The van der Waals surface area contributed by atoms with Gasteiger partial charge in [-0.3, -0.25) is 0 Å². The van der Waals surface area contributed by atoms with Crippen LogP contribution in [0.3, 0.4) is 0 Å². The summed E-state index contributed by atoms with van der Waals surface area (Å²) in [4.78, 5) is 0. The normalized spacial score (nSPS) is 17.3. The van der Waals surface area contributed by atoms with Crippen molar-refractivity contribution in [2.45, 2.75) is 26.7 Å². The highest BCUT2D eigenvalue weighted by molar-refractivity contribution is 5.86. The highest BCUT2D eigenvalue weighted by atomic mass is 19.1. The molecule has 0 radical (unpaired) electrons. The number of hydrogen-bond acceptors (Lipinski definition) is 5. The third-order valence-corrected chi connectivity index (χ3v) is 4.00. The Morgan fingerprint density at radius 2 is 2.21 bits per heavy atom. The molecule has 0 bridgehead atoms. The Balaban J connectivity index is 2.40. The minimum absolute atomic E-state index is 0.0727. The molecule has 1 aliphatic carbocycles. The molecule has 0 saturated heterocycles. The first-order chi connectivity index (χ1) is 14.1. The average molecular weight is 405 g/mol. The average Bonchev–Trinajstić information content (AvgIpc) is 2.73. The van der Waals surface area contributed by atoms with Crippen LogP contribution >= 0.6 is 0 Å². The summed E-state index contributed by atoms with van der Waals surface area (Å²) in [6, 6.07) is 0. The number of rotatable bonds is 14. The third-order valence-electron chi connectivity index (χ3n) is 4.00. The zero-order valence-corrected chi connectivity index (χ0v) is 17.7. The number of methoxy groups -OCH3 is 1. The second-order valence-corrected chi connectivity index (χ2v) is 6.29. The molecule has 1 aliphatic rings. The summed E-state index contributed by atoms with van der Waals surface area (Å²) >= 11 is 0. The number of allylic oxidation sites excluding steroid dienone is 7. The summed E-state index contributed by atoms with van der Waals surface area (Å²) in [5.74, 6) is 1.70. The van der Waals surface area contributed by atoms with Crippen LogP contribution in [0.2, 0.25) is 0 Å². The van der Waals surface area contributed by atoms with E-state index in [1.165, 1.54) is 0 Å². The monoisotopic (exact) mass is 404 g/mol. The van der Waals surface area contributed by atoms with Gasteiger partial charge in [0, 0.05) is 17.8 Å². The fraction of sp³-hybridized carbons (Fsp3) is 0.435. The number of hydrogen-bond donors (Lipinski definition) is 0. The largest absolute Gasteiger partial charge is 0.497 e. The lowest BCUT2D eigenvalue weighted by Crippen LogP contribution is -2.20. The SMILES string of the molecule is C=C(/C=C\C=C/CCOC1=CCC(/C(C)=N/N(/C=C\C)COCCF)C=C1)OC. The highest BCUT2D eigenvalue weighted by Gasteiger charge is 2.13. The predicted molar refractivity (Wildman–Crippen MR) is 117 cm³/mol. The molecule has 1 rings (SSSR count). The minimum Gasteiger partial charge on any atom is -0.497 e. The second-order valence-electron chi connectivity index (χ2n) is 6.29. The van der Waals surface area contributed by atoms with Crippen molar-refractivity contribution >= 4 is 5.71 Å². The van der Waals surface area contributed by atoms with Crippen molar-refractivity contribution in [2.75, 3.05) is 33.7 Å². The van der Waals surface area contributed by atoms with Crippen molar-refractivity contribution < 1.29 is 18.6 Å². The Bertz CT molecular complexity index is 663. The molecular formula is C23H33FN2O3. The van der Waals surface area contributed by atoms with E-state index in [4.69, 9.17) is 14.2 Å². The van der Waals surface area contributed by atoms with Crippen LogP contribution in [0.25, 0.3) is 0 Å². The van der Waals surface area contributed by atoms with Gasteiger partial charge in [0.1, 0.15) is 24.9 Å². The van der Waals surface area contributed by atoms with E-state index in [0.717, 1.165) is 24.3 Å². The smallest absolute Gasteiger partial charge is 0.139 e. The van der Waals surface area contributed by atoms with Gasteiger partial charge in [-0.25, -0.2) is 9.40 Å². The molecule has 0 saturated carbocycles. The molecule has 0 aromatic carbocycles. The number of hydrazone groups is 1. The van der Waals surface area contributed by atoms with Gasteiger partial charge >= 0.3 is 0 Å². The minimum atomic E-state index is -0.499. The fourth-order valence-corrected chi connectivity index (χ4v) is 2.43. The van der Waals surface area contributed by atoms with E-state index >= 15 is 0 Å². The van der Waals surface area contributed by atoms with Crippen molar-refractivity contribution in [1.29, 1.82) is 0 Å². The van der Waals surface area contributed by atoms with Crippen LogP contribution in [-0.4, -0.2) is 44.4 Å². The zero-order valence-electron chi connectivity index (χ0n) is 17.7. The van der Waals surface area contributed by atoms with E-state index in [1.54, 1.807) is 18.2 Å². The van der Waals surface area contributed by atoms with Crippen LogP contribution in [-0.2, 0) is 14.2 Å². The fourth-order valence-electron chi connectivity index (χ4n) is 2.43. The van der Waals surface area contributed by atoms with Crippen LogP contribution in [0.1, 0.15) is 26.7 Å². The van der Waals surface area contributed by atoms with Crippen molar-refractivity contribution in [1.82, 2.24) is 5.01 Å². The third kappa shape index (κ3) is 11.1. The molecule has 0 aromatic heterocycles. The molecule has 5 nitrogen and oxygen atoms in total. The van der Waals surface area contributed by atoms with Gasteiger partial charge < -0.3 is 14.2 Å². The van der Waals surface area contributed by atoms with Gasteiger partial charge in [-0.1, -0.05) is 37.0 Å². The maximum atomic E-state index is 12.2. The lowest BCUT2D eigenvalue weighted by Gasteiger charge is -2.20. The van der Waals surface area contributed by atoms with Gasteiger partial charge in [-0.05, 0) is 44.9 Å². The van der Waals surface area contributed by atoms with Gasteiger partial charge in [0.05, 0.1) is 20.3 Å². The zero-order chi connectivity index (χ0) is 21.3. The molecule has 1 atom stereocenters. The first kappa shape index (κ1) is 24.4. The lowest BCUT2D eigenvalue weighted by atomic mass is 9.96. The highest BCUT2D eigenvalue weighted by Crippen LogP contribution is 2.19. The van der Waals surface area contributed by atoms with Crippen molar-refractivity contribution in [3.8, 4) is 0 Å². The summed E-state index contributed by atoms with van der Waals surface area (Å²) in [7, 11) is 1.59.